The van der Waals surface area contributed by atoms with Crippen LogP contribution in [-0.2, 0) is 34.5 Å². The number of amides is 3. The van der Waals surface area contributed by atoms with Crippen molar-refractivity contribution in [3.05, 3.63) is 66.1 Å². The van der Waals surface area contributed by atoms with Crippen LogP contribution in [0.1, 0.15) is 25.0 Å². The summed E-state index contributed by atoms with van der Waals surface area (Å²) in [5, 5.41) is 12.2. The van der Waals surface area contributed by atoms with Gasteiger partial charge in [-0.25, -0.2) is 9.78 Å². The molecule has 45 heavy (non-hydrogen) atoms. The third-order valence-corrected chi connectivity index (χ3v) is 8.66. The van der Waals surface area contributed by atoms with Crippen LogP contribution in [0, 0.1) is 5.92 Å². The van der Waals surface area contributed by atoms with Crippen molar-refractivity contribution in [1.29, 1.82) is 0 Å². The second-order valence-electron chi connectivity index (χ2n) is 11.1. The zero-order chi connectivity index (χ0) is 33.1. The second-order valence-corrected chi connectivity index (χ2v) is 12.7. The number of likely N-dealkylation sites (N-methyl/N-ethyl adjacent to an activating group) is 1. The number of aryl methyl sites for hydroxylation is 1. The van der Waals surface area contributed by atoms with Crippen LogP contribution in [0.5, 0.6) is 5.75 Å². The number of ether oxygens (including phenoxy) is 1. The molecule has 0 aliphatic carbocycles. The average molecular weight is 653 g/mol. The van der Waals surface area contributed by atoms with Gasteiger partial charge in [0.1, 0.15) is 11.9 Å². The number of imidazole rings is 1. The van der Waals surface area contributed by atoms with E-state index < -0.39 is 39.9 Å². The molecule has 0 bridgehead atoms. The number of nitrogens with zero attached hydrogens (tertiary/aromatic N) is 4. The molecule has 12 nitrogen and oxygen atoms in total. The predicted octanol–water partition coefficient (Wildman–Crippen LogP) is 3.55. The maximum atomic E-state index is 13.4. The van der Waals surface area contributed by atoms with E-state index in [9.17, 15) is 36.3 Å². The number of sulfonamides is 1. The van der Waals surface area contributed by atoms with Crippen molar-refractivity contribution in [2.24, 2.45) is 13.0 Å². The Kier molecular flexibility index (Phi) is 9.97. The molecule has 4 rings (SSSR count). The summed E-state index contributed by atoms with van der Waals surface area (Å²) in [4.78, 5) is 33.1. The molecule has 0 saturated heterocycles. The van der Waals surface area contributed by atoms with Crippen molar-refractivity contribution in [3.63, 3.8) is 0 Å². The van der Waals surface area contributed by atoms with Crippen LogP contribution in [0.25, 0.3) is 0 Å². The van der Waals surface area contributed by atoms with E-state index in [2.05, 4.69) is 15.0 Å². The Hall–Kier alpha value is -4.31. The number of anilines is 2. The van der Waals surface area contributed by atoms with Gasteiger partial charge in [-0.15, -0.1) is 0 Å². The van der Waals surface area contributed by atoms with Crippen molar-refractivity contribution in [2.75, 3.05) is 36.8 Å². The molecule has 2 aromatic carbocycles. The van der Waals surface area contributed by atoms with E-state index in [4.69, 9.17) is 4.74 Å². The lowest BCUT2D eigenvalue weighted by atomic mass is 10.0. The van der Waals surface area contributed by atoms with Gasteiger partial charge in [-0.05, 0) is 49.4 Å². The molecule has 3 N–H and O–H groups in total. The van der Waals surface area contributed by atoms with Crippen LogP contribution >= 0.6 is 0 Å². The second kappa shape index (κ2) is 13.4. The first kappa shape index (κ1) is 33.6. The van der Waals surface area contributed by atoms with Crippen LogP contribution in [0.2, 0.25) is 0 Å². The number of hydrogen-bond acceptors (Lipinski definition) is 7. The largest absolute Gasteiger partial charge is 0.488 e. The Balaban J connectivity index is 1.58. The number of hydrogen-bond donors (Lipinski definition) is 3. The zero-order valence-corrected chi connectivity index (χ0v) is 25.9. The van der Waals surface area contributed by atoms with Crippen LogP contribution < -0.4 is 14.8 Å². The van der Waals surface area contributed by atoms with Gasteiger partial charge < -0.3 is 29.5 Å². The highest BCUT2D eigenvalue weighted by atomic mass is 32.2. The van der Waals surface area contributed by atoms with Crippen LogP contribution in [0.4, 0.5) is 29.3 Å². The highest BCUT2D eigenvalue weighted by Crippen LogP contribution is 2.31. The fourth-order valence-electron chi connectivity index (χ4n) is 4.76. The molecular weight excluding hydrogens is 617 g/mol. The Bertz CT molecular complexity index is 1630. The number of halogens is 3. The Morgan fingerprint density at radius 2 is 1.87 bits per heavy atom. The molecule has 0 unspecified atom stereocenters. The molecule has 1 aromatic heterocycles. The van der Waals surface area contributed by atoms with Crippen LogP contribution in [-0.4, -0.2) is 83.7 Å². The summed E-state index contributed by atoms with van der Waals surface area (Å²) in [6, 6.07) is 7.43. The van der Waals surface area contributed by atoms with E-state index in [-0.39, 0.29) is 54.3 Å². The quantitative estimate of drug-likeness (QED) is 0.338. The number of fused-ring (bicyclic) bond motifs is 1. The number of aliphatic hydroxyl groups is 1. The molecule has 0 fully saturated rings. The maximum Gasteiger partial charge on any atom is 0.416 e. The Labute approximate surface area is 258 Å². The highest BCUT2D eigenvalue weighted by molar-refractivity contribution is 7.92. The first-order valence-corrected chi connectivity index (χ1v) is 15.5. The third kappa shape index (κ3) is 8.25. The molecule has 1 aliphatic rings. The molecule has 3 amide bonds. The molecule has 0 spiro atoms. The van der Waals surface area contributed by atoms with E-state index in [1.807, 2.05) is 6.92 Å². The standard InChI is InChI=1S/C29H35F3N6O6S/c1-18-13-38(19(2)16-39)27(40)12-20-11-23(35-45(42,43)26-15-36(3)17-33-26)9-10-24(20)44-25(18)14-37(4)28(41)34-22-7-5-21(6-8-22)29(30,31)32/h5-11,15,17-19,25,35,39H,12-14,16H2,1-4H3,(H,34,41)/t18-,19+,25+/m1/s1. The molecule has 0 radical (unpaired) electrons. The minimum atomic E-state index is -4.51. The van der Waals surface area contributed by atoms with Gasteiger partial charge >= 0.3 is 12.2 Å². The highest BCUT2D eigenvalue weighted by Gasteiger charge is 2.33. The van der Waals surface area contributed by atoms with Crippen molar-refractivity contribution in [3.8, 4) is 5.75 Å². The number of rotatable bonds is 8. The fraction of sp³-hybridized carbons (Fsp3) is 0.414. The SMILES string of the molecule is C[C@@H]1CN([C@@H](C)CO)C(=O)Cc2cc(NS(=O)(=O)c3cn(C)cn3)ccc2O[C@H]1CN(C)C(=O)Nc1ccc(C(F)(F)F)cc1. The summed E-state index contributed by atoms with van der Waals surface area (Å²) in [5.74, 6) is -0.361. The Morgan fingerprint density at radius 1 is 1.20 bits per heavy atom. The van der Waals surface area contributed by atoms with Gasteiger partial charge in [0.15, 0.2) is 5.03 Å². The monoisotopic (exact) mass is 652 g/mol. The first-order valence-electron chi connectivity index (χ1n) is 14.0. The first-order chi connectivity index (χ1) is 21.1. The molecule has 16 heteroatoms. The summed E-state index contributed by atoms with van der Waals surface area (Å²) in [6.45, 7) is 3.44. The molecule has 0 saturated carbocycles. The van der Waals surface area contributed by atoms with E-state index in [1.54, 1.807) is 14.0 Å². The van der Waals surface area contributed by atoms with Crippen molar-refractivity contribution >= 4 is 33.3 Å². The number of benzene rings is 2. The number of carbonyl (C=O) groups excluding carboxylic acids is 2. The molecule has 244 valence electrons. The number of carbonyl (C=O) groups is 2. The fourth-order valence-corrected chi connectivity index (χ4v) is 5.79. The molecule has 3 aromatic rings. The normalized spacial score (nSPS) is 18.1. The summed E-state index contributed by atoms with van der Waals surface area (Å²) < 4.78 is 74.8. The predicted molar refractivity (Wildman–Crippen MR) is 159 cm³/mol. The summed E-state index contributed by atoms with van der Waals surface area (Å²) in [5.41, 5.74) is -0.117. The minimum Gasteiger partial charge on any atom is -0.488 e. The van der Waals surface area contributed by atoms with Gasteiger partial charge in [0, 0.05) is 49.7 Å². The van der Waals surface area contributed by atoms with E-state index in [0.717, 1.165) is 24.3 Å². The lowest BCUT2D eigenvalue weighted by Crippen LogP contribution is -2.48. The van der Waals surface area contributed by atoms with Gasteiger partial charge in [0.25, 0.3) is 10.0 Å². The molecular formula is C29H35F3N6O6S. The zero-order valence-electron chi connectivity index (χ0n) is 25.1. The smallest absolute Gasteiger partial charge is 0.416 e. The summed E-state index contributed by atoms with van der Waals surface area (Å²) >= 11 is 0. The van der Waals surface area contributed by atoms with Gasteiger partial charge in [0.05, 0.1) is 37.5 Å². The lowest BCUT2D eigenvalue weighted by Gasteiger charge is -2.34. The number of urea groups is 1. The van der Waals surface area contributed by atoms with Gasteiger partial charge in [-0.2, -0.15) is 21.6 Å². The van der Waals surface area contributed by atoms with Crippen LogP contribution in [0.3, 0.4) is 0 Å². The minimum absolute atomic E-state index is 0.0245. The molecule has 2 heterocycles. The summed E-state index contributed by atoms with van der Waals surface area (Å²) in [7, 11) is -0.890. The van der Waals surface area contributed by atoms with E-state index in [1.165, 1.54) is 52.1 Å². The van der Waals surface area contributed by atoms with Crippen molar-refractivity contribution < 1.29 is 41.0 Å². The average Bonchev–Trinajstić information content (AvgIpc) is 3.43. The van der Waals surface area contributed by atoms with Gasteiger partial charge in [0.2, 0.25) is 5.91 Å². The van der Waals surface area contributed by atoms with Crippen molar-refractivity contribution in [2.45, 2.75) is 43.6 Å². The summed E-state index contributed by atoms with van der Waals surface area (Å²) in [6.07, 6.45) is -2.64. The number of nitrogens with one attached hydrogen (secondary N) is 2. The van der Waals surface area contributed by atoms with Gasteiger partial charge in [-0.1, -0.05) is 6.92 Å². The Morgan fingerprint density at radius 3 is 2.47 bits per heavy atom. The van der Waals surface area contributed by atoms with E-state index >= 15 is 0 Å². The lowest BCUT2D eigenvalue weighted by molar-refractivity contribution is -0.137. The van der Waals surface area contributed by atoms with Crippen molar-refractivity contribution in [1.82, 2.24) is 19.4 Å². The number of aliphatic hydroxyl groups excluding tert-OH is 1. The van der Waals surface area contributed by atoms with Gasteiger partial charge in [-0.3, -0.25) is 9.52 Å². The molecule has 3 atom stereocenters. The van der Waals surface area contributed by atoms with Crippen LogP contribution in [0.15, 0.2) is 60.0 Å². The topological polar surface area (TPSA) is 146 Å². The number of alkyl halides is 3. The third-order valence-electron chi connectivity index (χ3n) is 7.39. The maximum absolute atomic E-state index is 13.4. The molecule has 1 aliphatic heterocycles. The number of aromatic nitrogens is 2. The van der Waals surface area contributed by atoms with E-state index in [0.29, 0.717) is 11.3 Å².